The van der Waals surface area contributed by atoms with Crippen LogP contribution in [0, 0.1) is 17.0 Å². The molecule has 0 aliphatic heterocycles. The van der Waals surface area contributed by atoms with E-state index < -0.39 is 4.92 Å². The lowest BCUT2D eigenvalue weighted by Gasteiger charge is -2.09. The van der Waals surface area contributed by atoms with Crippen LogP contribution in [0.5, 0.6) is 5.75 Å². The summed E-state index contributed by atoms with van der Waals surface area (Å²) in [5.74, 6) is 1.80. The van der Waals surface area contributed by atoms with E-state index in [4.69, 9.17) is 4.74 Å². The Bertz CT molecular complexity index is 935. The molecule has 0 saturated carbocycles. The maximum atomic E-state index is 10.7. The van der Waals surface area contributed by atoms with Gasteiger partial charge in [-0.2, -0.15) is 5.10 Å². The summed E-state index contributed by atoms with van der Waals surface area (Å²) in [7, 11) is 0. The summed E-state index contributed by atoms with van der Waals surface area (Å²) in [5.41, 5.74) is 1.12. The van der Waals surface area contributed by atoms with Crippen LogP contribution >= 0.6 is 11.8 Å². The molecule has 0 atom stereocenters. The maximum Gasteiger partial charge on any atom is 0.307 e. The zero-order chi connectivity index (χ0) is 19.2. The van der Waals surface area contributed by atoms with Crippen LogP contribution in [0.1, 0.15) is 11.4 Å². The molecule has 0 amide bonds. The van der Waals surface area contributed by atoms with E-state index in [-0.39, 0.29) is 12.3 Å². The van der Waals surface area contributed by atoms with Crippen LogP contribution in [-0.4, -0.2) is 29.5 Å². The third-order valence-electron chi connectivity index (χ3n) is 3.65. The van der Waals surface area contributed by atoms with Gasteiger partial charge in [-0.05, 0) is 19.1 Å². The summed E-state index contributed by atoms with van der Waals surface area (Å²) in [6.45, 7) is 6.59. The molecular formula is C17H18N6O3S. The Morgan fingerprint density at radius 3 is 2.78 bits per heavy atom. The molecule has 0 radical (unpaired) electrons. The van der Waals surface area contributed by atoms with Crippen molar-refractivity contribution < 1.29 is 9.66 Å². The standard InChI is InChI=1S/C17H18N6O3S/c1-3-8-22-16(11-26-15-6-4-13(2)5-7-15)19-20-17(22)27-12-21-10-14(9-18-21)23(24)25/h3-7,9-10H,1,8,11-12H2,2H3. The molecule has 27 heavy (non-hydrogen) atoms. The fourth-order valence-corrected chi connectivity index (χ4v) is 3.09. The van der Waals surface area contributed by atoms with Crippen LogP contribution in [-0.2, 0) is 19.0 Å². The lowest BCUT2D eigenvalue weighted by molar-refractivity contribution is -0.385. The van der Waals surface area contributed by atoms with Crippen LogP contribution in [0.25, 0.3) is 0 Å². The Kier molecular flexibility index (Phi) is 5.87. The van der Waals surface area contributed by atoms with Crippen molar-refractivity contribution in [3.05, 3.63) is 70.8 Å². The average Bonchev–Trinajstić information content (AvgIpc) is 3.27. The second kappa shape index (κ2) is 8.49. The molecule has 0 spiro atoms. The number of rotatable bonds is 9. The van der Waals surface area contributed by atoms with Crippen molar-refractivity contribution in [2.24, 2.45) is 0 Å². The Balaban J connectivity index is 1.67. The lowest BCUT2D eigenvalue weighted by atomic mass is 10.2. The van der Waals surface area contributed by atoms with Gasteiger partial charge in [0.25, 0.3) is 0 Å². The van der Waals surface area contributed by atoms with E-state index in [9.17, 15) is 10.1 Å². The monoisotopic (exact) mass is 386 g/mol. The Hall–Kier alpha value is -3.14. The number of ether oxygens (including phenoxy) is 1. The van der Waals surface area contributed by atoms with Crippen molar-refractivity contribution in [2.45, 2.75) is 31.1 Å². The van der Waals surface area contributed by atoms with E-state index in [0.29, 0.717) is 23.4 Å². The highest BCUT2D eigenvalue weighted by molar-refractivity contribution is 7.98. The zero-order valence-electron chi connectivity index (χ0n) is 14.7. The summed E-state index contributed by atoms with van der Waals surface area (Å²) in [4.78, 5) is 10.3. The number of nitro groups is 1. The quantitative estimate of drug-likeness (QED) is 0.241. The molecule has 3 rings (SSSR count). The molecule has 10 heteroatoms. The van der Waals surface area contributed by atoms with Gasteiger partial charge in [0.15, 0.2) is 11.0 Å². The SMILES string of the molecule is C=CCn1c(COc2ccc(C)cc2)nnc1SCn1cc([N+](=O)[O-])cn1. The molecule has 0 unspecified atom stereocenters. The van der Waals surface area contributed by atoms with Gasteiger partial charge in [-0.1, -0.05) is 35.5 Å². The molecule has 0 N–H and O–H groups in total. The minimum Gasteiger partial charge on any atom is -0.486 e. The van der Waals surface area contributed by atoms with E-state index in [0.717, 1.165) is 11.3 Å². The third kappa shape index (κ3) is 4.73. The van der Waals surface area contributed by atoms with Crippen molar-refractivity contribution in [3.63, 3.8) is 0 Å². The molecule has 0 fully saturated rings. The van der Waals surface area contributed by atoms with Crippen molar-refractivity contribution in [1.29, 1.82) is 0 Å². The summed E-state index contributed by atoms with van der Waals surface area (Å²) in [6.07, 6.45) is 4.35. The van der Waals surface area contributed by atoms with E-state index in [1.165, 1.54) is 28.8 Å². The number of benzene rings is 1. The molecule has 0 bridgehead atoms. The molecule has 0 saturated heterocycles. The number of aromatic nitrogens is 5. The highest BCUT2D eigenvalue weighted by atomic mass is 32.2. The molecule has 1 aromatic carbocycles. The van der Waals surface area contributed by atoms with E-state index in [1.54, 1.807) is 6.08 Å². The van der Waals surface area contributed by atoms with E-state index in [2.05, 4.69) is 21.9 Å². The highest BCUT2D eigenvalue weighted by Crippen LogP contribution is 2.21. The molecule has 0 aliphatic carbocycles. The first-order chi connectivity index (χ1) is 13.1. The van der Waals surface area contributed by atoms with Gasteiger partial charge in [-0.15, -0.1) is 16.8 Å². The van der Waals surface area contributed by atoms with Crippen molar-refractivity contribution in [3.8, 4) is 5.75 Å². The van der Waals surface area contributed by atoms with E-state index in [1.807, 2.05) is 35.8 Å². The molecular weight excluding hydrogens is 368 g/mol. The zero-order valence-corrected chi connectivity index (χ0v) is 15.5. The van der Waals surface area contributed by atoms with Gasteiger partial charge in [0.05, 0.1) is 10.8 Å². The Labute approximate surface area is 159 Å². The number of hydrogen-bond donors (Lipinski definition) is 0. The van der Waals surface area contributed by atoms with Crippen LogP contribution in [0.15, 0.2) is 54.5 Å². The average molecular weight is 386 g/mol. The first kappa shape index (κ1) is 18.6. The Morgan fingerprint density at radius 2 is 2.11 bits per heavy atom. The number of nitrogens with zero attached hydrogens (tertiary/aromatic N) is 6. The predicted octanol–water partition coefficient (Wildman–Crippen LogP) is 3.21. The molecule has 2 heterocycles. The van der Waals surface area contributed by atoms with Crippen molar-refractivity contribution in [2.75, 3.05) is 0 Å². The first-order valence-electron chi connectivity index (χ1n) is 8.09. The fourth-order valence-electron chi connectivity index (χ4n) is 2.27. The Morgan fingerprint density at radius 1 is 1.33 bits per heavy atom. The molecule has 140 valence electrons. The summed E-state index contributed by atoms with van der Waals surface area (Å²) < 4.78 is 9.16. The number of aryl methyl sites for hydroxylation is 1. The van der Waals surface area contributed by atoms with Gasteiger partial charge >= 0.3 is 5.69 Å². The normalized spacial score (nSPS) is 10.7. The van der Waals surface area contributed by atoms with Gasteiger partial charge in [0.2, 0.25) is 0 Å². The predicted molar refractivity (Wildman–Crippen MR) is 100 cm³/mol. The maximum absolute atomic E-state index is 10.7. The number of thioether (sulfide) groups is 1. The molecule has 9 nitrogen and oxygen atoms in total. The second-order valence-electron chi connectivity index (χ2n) is 5.67. The molecule has 0 aliphatic rings. The van der Waals surface area contributed by atoms with Crippen LogP contribution in [0.3, 0.4) is 0 Å². The highest BCUT2D eigenvalue weighted by Gasteiger charge is 2.14. The second-order valence-corrected chi connectivity index (χ2v) is 6.58. The summed E-state index contributed by atoms with van der Waals surface area (Å²) >= 11 is 1.37. The lowest BCUT2D eigenvalue weighted by Crippen LogP contribution is -2.08. The van der Waals surface area contributed by atoms with Gasteiger partial charge in [-0.3, -0.25) is 19.4 Å². The van der Waals surface area contributed by atoms with Crippen molar-refractivity contribution >= 4 is 17.4 Å². The number of hydrogen-bond acceptors (Lipinski definition) is 7. The largest absolute Gasteiger partial charge is 0.486 e. The van der Waals surface area contributed by atoms with Crippen LogP contribution < -0.4 is 4.74 Å². The van der Waals surface area contributed by atoms with Gasteiger partial charge in [0.1, 0.15) is 24.8 Å². The fraction of sp³-hybridized carbons (Fsp3) is 0.235. The van der Waals surface area contributed by atoms with Gasteiger partial charge in [-0.25, -0.2) is 0 Å². The van der Waals surface area contributed by atoms with Crippen LogP contribution in [0.2, 0.25) is 0 Å². The summed E-state index contributed by atoms with van der Waals surface area (Å²) in [5, 5.41) is 23.8. The minimum absolute atomic E-state index is 0.0460. The van der Waals surface area contributed by atoms with Gasteiger partial charge < -0.3 is 4.74 Å². The van der Waals surface area contributed by atoms with Crippen LogP contribution in [0.4, 0.5) is 5.69 Å². The third-order valence-corrected chi connectivity index (χ3v) is 4.60. The first-order valence-corrected chi connectivity index (χ1v) is 9.07. The topological polar surface area (TPSA) is 101 Å². The van der Waals surface area contributed by atoms with Crippen molar-refractivity contribution in [1.82, 2.24) is 24.5 Å². The number of allylic oxidation sites excluding steroid dienone is 1. The molecule has 2 aromatic heterocycles. The minimum atomic E-state index is -0.477. The smallest absolute Gasteiger partial charge is 0.307 e. The summed E-state index contributed by atoms with van der Waals surface area (Å²) in [6, 6.07) is 7.77. The van der Waals surface area contributed by atoms with Gasteiger partial charge in [0, 0.05) is 6.54 Å². The molecule has 3 aromatic rings. The van der Waals surface area contributed by atoms with E-state index >= 15 is 0 Å².